The molecule has 0 saturated heterocycles. The van der Waals surface area contributed by atoms with Crippen LogP contribution in [0.25, 0.3) is 11.1 Å². The molecule has 4 aromatic rings. The van der Waals surface area contributed by atoms with E-state index in [1.54, 1.807) is 0 Å². The van der Waals surface area contributed by atoms with E-state index < -0.39 is 38.2 Å². The number of amides is 1. The Morgan fingerprint density at radius 1 is 0.750 bits per heavy atom. The maximum absolute atomic E-state index is 13.5. The van der Waals surface area contributed by atoms with Crippen molar-refractivity contribution in [2.75, 3.05) is 6.61 Å². The zero-order chi connectivity index (χ0) is 34.5. The van der Waals surface area contributed by atoms with Gasteiger partial charge in [-0.25, -0.2) is 9.59 Å². The fourth-order valence-electron chi connectivity index (χ4n) is 4.89. The monoisotopic (exact) mass is 668 g/mol. The molecule has 252 valence electrons. The zero-order valence-corrected chi connectivity index (χ0v) is 28.7. The predicted molar refractivity (Wildman–Crippen MR) is 188 cm³/mol. The van der Waals surface area contributed by atoms with Crippen LogP contribution in [0.3, 0.4) is 0 Å². The topological polar surface area (TPSA) is 137 Å². The van der Waals surface area contributed by atoms with E-state index in [1.807, 2.05) is 103 Å². The predicted octanol–water partition coefficient (Wildman–Crippen LogP) is 6.61. The van der Waals surface area contributed by atoms with Crippen LogP contribution in [0.2, 0.25) is 25.7 Å². The highest BCUT2D eigenvalue weighted by atomic mass is 28.3. The van der Waals surface area contributed by atoms with Gasteiger partial charge in [0.05, 0.1) is 6.61 Å². The molecule has 4 N–H and O–H groups in total. The van der Waals surface area contributed by atoms with Crippen molar-refractivity contribution in [2.24, 2.45) is 5.73 Å². The number of nitrogens with two attached hydrogens (primary N) is 1. The Morgan fingerprint density at radius 3 is 2.02 bits per heavy atom. The standard InChI is InChI=1S/C38H44N2O7Si/c1-48(2,3)20-19-45-37(43)34(40-38(44)47-26-28-13-8-5-9-14-28)24-32-23-31(17-18-35(32)46-25-27-11-6-4-7-12-27)30-16-10-15-29(21-30)22-33(39)36(41)42/h4-18,21,23,33-34H,19-20,22,24-26,39H2,1-3H3,(H,40,44)(H,41,42)/t33-,34-/m0/s1. The van der Waals surface area contributed by atoms with Gasteiger partial charge < -0.3 is 30.4 Å². The maximum atomic E-state index is 13.5. The van der Waals surface area contributed by atoms with Crippen LogP contribution >= 0.6 is 0 Å². The first-order chi connectivity index (χ1) is 23.0. The summed E-state index contributed by atoms with van der Waals surface area (Å²) in [4.78, 5) is 37.9. The normalized spacial score (nSPS) is 12.4. The van der Waals surface area contributed by atoms with E-state index in [0.29, 0.717) is 17.9 Å². The van der Waals surface area contributed by atoms with Crippen molar-refractivity contribution < 1.29 is 33.7 Å². The van der Waals surface area contributed by atoms with Gasteiger partial charge in [0.2, 0.25) is 0 Å². The van der Waals surface area contributed by atoms with Crippen LogP contribution in [0.1, 0.15) is 22.3 Å². The van der Waals surface area contributed by atoms with Gasteiger partial charge in [-0.3, -0.25) is 4.79 Å². The number of carboxylic acid groups (broad SMARTS) is 1. The number of carboxylic acids is 1. The minimum Gasteiger partial charge on any atom is -0.489 e. The SMILES string of the molecule is C[Si](C)(C)CCOC(=O)[C@H](Cc1cc(-c2cccc(C[C@H](N)C(=O)O)c2)ccc1OCc1ccccc1)NC(=O)OCc1ccccc1. The molecule has 0 unspecified atom stereocenters. The van der Waals surface area contributed by atoms with Crippen LogP contribution in [0.5, 0.6) is 5.75 Å². The molecule has 10 heteroatoms. The highest BCUT2D eigenvalue weighted by Gasteiger charge is 2.26. The smallest absolute Gasteiger partial charge is 0.408 e. The van der Waals surface area contributed by atoms with Crippen molar-refractivity contribution in [1.82, 2.24) is 5.32 Å². The molecular weight excluding hydrogens is 625 g/mol. The van der Waals surface area contributed by atoms with Gasteiger partial charge >= 0.3 is 18.0 Å². The summed E-state index contributed by atoms with van der Waals surface area (Å²) in [6.07, 6.45) is -0.487. The number of ether oxygens (including phenoxy) is 3. The number of hydrogen-bond acceptors (Lipinski definition) is 7. The molecule has 48 heavy (non-hydrogen) atoms. The van der Waals surface area contributed by atoms with Crippen molar-refractivity contribution in [3.8, 4) is 16.9 Å². The lowest BCUT2D eigenvalue weighted by Gasteiger charge is -2.21. The largest absolute Gasteiger partial charge is 0.489 e. The molecule has 0 saturated carbocycles. The average molecular weight is 669 g/mol. The Bertz CT molecular complexity index is 1660. The van der Waals surface area contributed by atoms with E-state index in [1.165, 1.54) is 0 Å². The van der Waals surface area contributed by atoms with Gasteiger partial charge in [-0.1, -0.05) is 111 Å². The van der Waals surface area contributed by atoms with Gasteiger partial charge in [-0.2, -0.15) is 0 Å². The molecule has 0 aliphatic carbocycles. The molecule has 2 atom stereocenters. The van der Waals surface area contributed by atoms with E-state index in [0.717, 1.165) is 33.9 Å². The van der Waals surface area contributed by atoms with Crippen molar-refractivity contribution in [3.05, 3.63) is 125 Å². The summed E-state index contributed by atoms with van der Waals surface area (Å²) in [7, 11) is -1.48. The summed E-state index contributed by atoms with van der Waals surface area (Å²) in [5, 5.41) is 12.0. The summed E-state index contributed by atoms with van der Waals surface area (Å²) in [6, 6.07) is 30.9. The molecule has 0 aromatic heterocycles. The maximum Gasteiger partial charge on any atom is 0.408 e. The van der Waals surface area contributed by atoms with Gasteiger partial charge in [0.25, 0.3) is 0 Å². The number of carbonyl (C=O) groups is 3. The Balaban J connectivity index is 1.63. The van der Waals surface area contributed by atoms with Gasteiger partial charge in [-0.05, 0) is 58.0 Å². The quantitative estimate of drug-likeness (QED) is 0.0897. The fourth-order valence-corrected chi connectivity index (χ4v) is 5.61. The van der Waals surface area contributed by atoms with Crippen molar-refractivity contribution >= 4 is 26.1 Å². The highest BCUT2D eigenvalue weighted by molar-refractivity contribution is 6.76. The first kappa shape index (κ1) is 35.9. The lowest BCUT2D eigenvalue weighted by molar-refractivity contribution is -0.145. The lowest BCUT2D eigenvalue weighted by atomic mass is 9.96. The minimum atomic E-state index is -1.48. The second kappa shape index (κ2) is 17.3. The molecule has 0 aliphatic rings. The third kappa shape index (κ3) is 11.7. The Hall–Kier alpha value is -4.93. The molecule has 4 rings (SSSR count). The van der Waals surface area contributed by atoms with Crippen LogP contribution in [-0.2, 0) is 45.1 Å². The first-order valence-electron chi connectivity index (χ1n) is 16.0. The second-order valence-electron chi connectivity index (χ2n) is 12.9. The van der Waals surface area contributed by atoms with Gasteiger partial charge in [0, 0.05) is 14.5 Å². The van der Waals surface area contributed by atoms with Crippen molar-refractivity contribution in [3.63, 3.8) is 0 Å². The number of hydrogen-bond donors (Lipinski definition) is 3. The molecule has 9 nitrogen and oxygen atoms in total. The molecule has 0 radical (unpaired) electrons. The zero-order valence-electron chi connectivity index (χ0n) is 27.7. The van der Waals surface area contributed by atoms with E-state index in [2.05, 4.69) is 25.0 Å². The van der Waals surface area contributed by atoms with Crippen LogP contribution < -0.4 is 15.8 Å². The molecule has 0 bridgehead atoms. The van der Waals surface area contributed by atoms with Gasteiger partial charge in [0.1, 0.15) is 31.0 Å². The van der Waals surface area contributed by atoms with Crippen molar-refractivity contribution in [2.45, 2.75) is 63.8 Å². The Morgan fingerprint density at radius 2 is 1.38 bits per heavy atom. The number of nitrogens with one attached hydrogen (secondary N) is 1. The molecule has 0 aliphatic heterocycles. The van der Waals surface area contributed by atoms with E-state index in [-0.39, 0.29) is 26.1 Å². The Kier molecular flexibility index (Phi) is 12.9. The van der Waals surface area contributed by atoms with Crippen LogP contribution in [0.15, 0.2) is 103 Å². The molecule has 0 spiro atoms. The Labute approximate surface area is 283 Å². The van der Waals surface area contributed by atoms with Gasteiger partial charge in [-0.15, -0.1) is 0 Å². The third-order valence-corrected chi connectivity index (χ3v) is 9.34. The first-order valence-corrected chi connectivity index (χ1v) is 19.7. The van der Waals surface area contributed by atoms with Crippen LogP contribution in [0.4, 0.5) is 4.79 Å². The summed E-state index contributed by atoms with van der Waals surface area (Å²) in [6.45, 7) is 7.20. The lowest BCUT2D eigenvalue weighted by Crippen LogP contribution is -2.44. The number of rotatable bonds is 16. The molecule has 4 aromatic carbocycles. The summed E-state index contributed by atoms with van der Waals surface area (Å²) < 4.78 is 17.4. The summed E-state index contributed by atoms with van der Waals surface area (Å²) in [5.41, 5.74) is 10.7. The fraction of sp³-hybridized carbons (Fsp3) is 0.289. The van der Waals surface area contributed by atoms with Crippen LogP contribution in [0, 0.1) is 0 Å². The number of esters is 1. The summed E-state index contributed by atoms with van der Waals surface area (Å²) in [5.74, 6) is -1.08. The number of carbonyl (C=O) groups excluding carboxylic acids is 2. The van der Waals surface area contributed by atoms with E-state index in [9.17, 15) is 19.5 Å². The summed E-state index contributed by atoms with van der Waals surface area (Å²) >= 11 is 0. The van der Waals surface area contributed by atoms with Crippen molar-refractivity contribution in [1.29, 1.82) is 0 Å². The van der Waals surface area contributed by atoms with Crippen LogP contribution in [-0.4, -0.2) is 49.9 Å². The molecule has 0 heterocycles. The third-order valence-electron chi connectivity index (χ3n) is 7.64. The number of benzene rings is 4. The van der Waals surface area contributed by atoms with E-state index >= 15 is 0 Å². The highest BCUT2D eigenvalue weighted by Crippen LogP contribution is 2.30. The average Bonchev–Trinajstić information content (AvgIpc) is 3.06. The van der Waals surface area contributed by atoms with E-state index in [4.69, 9.17) is 19.9 Å². The molecular formula is C38H44N2O7Si. The number of aliphatic carboxylic acids is 1. The molecule has 0 fully saturated rings. The minimum absolute atomic E-state index is 0.0485. The second-order valence-corrected chi connectivity index (χ2v) is 18.5. The number of alkyl carbamates (subject to hydrolysis) is 1. The van der Waals surface area contributed by atoms with Gasteiger partial charge in [0.15, 0.2) is 0 Å². The molecule has 1 amide bonds.